The van der Waals surface area contributed by atoms with E-state index in [4.69, 9.17) is 4.42 Å². The largest absolute Gasteiger partial charge is 0.466 e. The Kier molecular flexibility index (Phi) is 3.87. The second-order valence-electron chi connectivity index (χ2n) is 4.95. The molecule has 1 aromatic rings. The third kappa shape index (κ3) is 3.01. The van der Waals surface area contributed by atoms with Crippen LogP contribution in [0, 0.1) is 5.92 Å². The predicted octanol–water partition coefficient (Wildman–Crippen LogP) is 1.96. The first kappa shape index (κ1) is 12.9. The van der Waals surface area contributed by atoms with Gasteiger partial charge in [0.15, 0.2) is 0 Å². The third-order valence-corrected chi connectivity index (χ3v) is 3.30. The Morgan fingerprint density at radius 1 is 1.61 bits per heavy atom. The molecule has 1 aliphatic carbocycles. The van der Waals surface area contributed by atoms with Gasteiger partial charge in [0.1, 0.15) is 11.4 Å². The molecule has 18 heavy (non-hydrogen) atoms. The van der Waals surface area contributed by atoms with Crippen LogP contribution in [0.15, 0.2) is 35.0 Å². The molecule has 0 spiro atoms. The van der Waals surface area contributed by atoms with Crippen molar-refractivity contribution in [2.75, 3.05) is 6.54 Å². The highest BCUT2D eigenvalue weighted by atomic mass is 16.4. The molecule has 1 heterocycles. The number of carbonyl (C=O) groups excluding carboxylic acids is 1. The summed E-state index contributed by atoms with van der Waals surface area (Å²) < 4.78 is 5.16. The molecule has 0 radical (unpaired) electrons. The van der Waals surface area contributed by atoms with E-state index in [1.54, 1.807) is 19.1 Å². The maximum atomic E-state index is 11.9. The summed E-state index contributed by atoms with van der Waals surface area (Å²) in [6.07, 6.45) is 8.27. The van der Waals surface area contributed by atoms with E-state index in [1.807, 2.05) is 6.08 Å². The van der Waals surface area contributed by atoms with Gasteiger partial charge in [-0.05, 0) is 38.3 Å². The maximum Gasteiger partial charge on any atom is 0.223 e. The molecule has 1 aromatic heterocycles. The smallest absolute Gasteiger partial charge is 0.223 e. The number of furan rings is 1. The standard InChI is InChI=1S/C14H19NO3/c1-14(17,12-8-5-9-18-12)10-15-13(16)11-6-3-2-4-7-11/h2-3,5,8-9,11,17H,4,6-7,10H2,1H3,(H,15,16). The molecule has 1 amide bonds. The molecule has 98 valence electrons. The van der Waals surface area contributed by atoms with Crippen molar-refractivity contribution in [1.29, 1.82) is 0 Å². The molecule has 0 aliphatic heterocycles. The molecule has 2 atom stereocenters. The molecule has 2 N–H and O–H groups in total. The highest BCUT2D eigenvalue weighted by Gasteiger charge is 2.28. The minimum absolute atomic E-state index is 0.00572. The molecule has 0 aromatic carbocycles. The SMILES string of the molecule is CC(O)(CNC(=O)C1CC=CCC1)c1ccco1. The number of rotatable bonds is 4. The van der Waals surface area contributed by atoms with E-state index in [0.29, 0.717) is 5.76 Å². The first-order valence-electron chi connectivity index (χ1n) is 6.29. The average molecular weight is 249 g/mol. The van der Waals surface area contributed by atoms with Gasteiger partial charge in [0.05, 0.1) is 12.8 Å². The van der Waals surface area contributed by atoms with Crippen molar-refractivity contribution in [3.8, 4) is 0 Å². The molecule has 2 rings (SSSR count). The Labute approximate surface area is 107 Å². The Morgan fingerprint density at radius 2 is 2.44 bits per heavy atom. The fourth-order valence-electron chi connectivity index (χ4n) is 2.11. The van der Waals surface area contributed by atoms with E-state index in [1.165, 1.54) is 6.26 Å². The first-order chi connectivity index (χ1) is 8.59. The van der Waals surface area contributed by atoms with Gasteiger partial charge in [-0.1, -0.05) is 12.2 Å². The summed E-state index contributed by atoms with van der Waals surface area (Å²) >= 11 is 0. The van der Waals surface area contributed by atoms with E-state index in [2.05, 4.69) is 11.4 Å². The van der Waals surface area contributed by atoms with Crippen molar-refractivity contribution in [1.82, 2.24) is 5.32 Å². The quantitative estimate of drug-likeness (QED) is 0.802. The zero-order chi connectivity index (χ0) is 13.0. The molecule has 4 heteroatoms. The minimum atomic E-state index is -1.16. The van der Waals surface area contributed by atoms with Gasteiger partial charge < -0.3 is 14.8 Å². The average Bonchev–Trinajstić information content (AvgIpc) is 2.92. The van der Waals surface area contributed by atoms with E-state index in [-0.39, 0.29) is 18.4 Å². The van der Waals surface area contributed by atoms with E-state index in [9.17, 15) is 9.90 Å². The van der Waals surface area contributed by atoms with Crippen molar-refractivity contribution >= 4 is 5.91 Å². The van der Waals surface area contributed by atoms with Crippen molar-refractivity contribution in [3.05, 3.63) is 36.3 Å². The zero-order valence-electron chi connectivity index (χ0n) is 10.6. The molecular weight excluding hydrogens is 230 g/mol. The first-order valence-corrected chi connectivity index (χ1v) is 6.29. The van der Waals surface area contributed by atoms with Crippen molar-refractivity contribution in [2.24, 2.45) is 5.92 Å². The van der Waals surface area contributed by atoms with Crippen LogP contribution >= 0.6 is 0 Å². The molecule has 0 saturated heterocycles. The summed E-state index contributed by atoms with van der Waals surface area (Å²) in [5.74, 6) is 0.500. The van der Waals surface area contributed by atoms with Crippen molar-refractivity contribution < 1.29 is 14.3 Å². The van der Waals surface area contributed by atoms with E-state index in [0.717, 1.165) is 19.3 Å². The third-order valence-electron chi connectivity index (χ3n) is 3.30. The number of aliphatic hydroxyl groups is 1. The second-order valence-corrected chi connectivity index (χ2v) is 4.95. The second kappa shape index (κ2) is 5.40. The van der Waals surface area contributed by atoms with Crippen LogP contribution in [0.4, 0.5) is 0 Å². The number of nitrogens with one attached hydrogen (secondary N) is 1. The van der Waals surface area contributed by atoms with Gasteiger partial charge in [-0.2, -0.15) is 0 Å². The van der Waals surface area contributed by atoms with Gasteiger partial charge in [0.2, 0.25) is 5.91 Å². The van der Waals surface area contributed by atoms with Crippen LogP contribution < -0.4 is 5.32 Å². The molecule has 2 unspecified atom stereocenters. The van der Waals surface area contributed by atoms with Crippen LogP contribution in [0.5, 0.6) is 0 Å². The van der Waals surface area contributed by atoms with Crippen LogP contribution in [0.3, 0.4) is 0 Å². The summed E-state index contributed by atoms with van der Waals surface area (Å²) in [5, 5.41) is 13.0. The lowest BCUT2D eigenvalue weighted by atomic mass is 9.93. The summed E-state index contributed by atoms with van der Waals surface area (Å²) in [5.41, 5.74) is -1.16. The number of hydrogen-bond acceptors (Lipinski definition) is 3. The van der Waals surface area contributed by atoms with Crippen LogP contribution in [0.25, 0.3) is 0 Å². The normalized spacial score (nSPS) is 22.4. The number of amides is 1. The topological polar surface area (TPSA) is 62.5 Å². The lowest BCUT2D eigenvalue weighted by molar-refractivity contribution is -0.126. The monoisotopic (exact) mass is 249 g/mol. The van der Waals surface area contributed by atoms with Gasteiger partial charge in [-0.15, -0.1) is 0 Å². The minimum Gasteiger partial charge on any atom is -0.466 e. The molecular formula is C14H19NO3. The van der Waals surface area contributed by atoms with Gasteiger partial charge >= 0.3 is 0 Å². The summed E-state index contributed by atoms with van der Waals surface area (Å²) in [7, 11) is 0. The molecule has 0 fully saturated rings. The van der Waals surface area contributed by atoms with Crippen LogP contribution in [-0.2, 0) is 10.4 Å². The number of carbonyl (C=O) groups is 1. The lowest BCUT2D eigenvalue weighted by Gasteiger charge is -2.23. The van der Waals surface area contributed by atoms with Gasteiger partial charge in [-0.3, -0.25) is 4.79 Å². The summed E-state index contributed by atoms with van der Waals surface area (Å²) in [4.78, 5) is 11.9. The van der Waals surface area contributed by atoms with Gasteiger partial charge in [0, 0.05) is 5.92 Å². The Morgan fingerprint density at radius 3 is 3.06 bits per heavy atom. The molecule has 1 aliphatic rings. The van der Waals surface area contributed by atoms with E-state index >= 15 is 0 Å². The zero-order valence-corrected chi connectivity index (χ0v) is 10.6. The van der Waals surface area contributed by atoms with Gasteiger partial charge in [-0.25, -0.2) is 0 Å². The van der Waals surface area contributed by atoms with Crippen molar-refractivity contribution in [3.63, 3.8) is 0 Å². The molecule has 4 nitrogen and oxygen atoms in total. The van der Waals surface area contributed by atoms with Crippen LogP contribution in [0.1, 0.15) is 31.9 Å². The molecule has 0 saturated carbocycles. The fourth-order valence-corrected chi connectivity index (χ4v) is 2.11. The molecule has 0 bridgehead atoms. The summed E-state index contributed by atoms with van der Waals surface area (Å²) in [6, 6.07) is 3.42. The Hall–Kier alpha value is -1.55. The van der Waals surface area contributed by atoms with Gasteiger partial charge in [0.25, 0.3) is 0 Å². The lowest BCUT2D eigenvalue weighted by Crippen LogP contribution is -2.41. The maximum absolute atomic E-state index is 11.9. The highest BCUT2D eigenvalue weighted by molar-refractivity contribution is 5.79. The Bertz CT molecular complexity index is 420. The van der Waals surface area contributed by atoms with Crippen LogP contribution in [0.2, 0.25) is 0 Å². The fraction of sp³-hybridized carbons (Fsp3) is 0.500. The highest BCUT2D eigenvalue weighted by Crippen LogP contribution is 2.21. The van der Waals surface area contributed by atoms with E-state index < -0.39 is 5.60 Å². The number of hydrogen-bond donors (Lipinski definition) is 2. The Balaban J connectivity index is 1.87. The summed E-state index contributed by atoms with van der Waals surface area (Å²) in [6.45, 7) is 1.80. The number of allylic oxidation sites excluding steroid dienone is 2. The predicted molar refractivity (Wildman–Crippen MR) is 67.8 cm³/mol. The van der Waals surface area contributed by atoms with Crippen LogP contribution in [-0.4, -0.2) is 17.6 Å². The van der Waals surface area contributed by atoms with Crippen molar-refractivity contribution in [2.45, 2.75) is 31.8 Å².